The van der Waals surface area contributed by atoms with Gasteiger partial charge < -0.3 is 0 Å². The van der Waals surface area contributed by atoms with Crippen LogP contribution < -0.4 is 0 Å². The first-order chi connectivity index (χ1) is 9.79. The second-order valence-electron chi connectivity index (χ2n) is 5.86. The van der Waals surface area contributed by atoms with Crippen LogP contribution in [0.2, 0.25) is 0 Å². The number of pyridine rings is 1. The monoisotopic (exact) mass is 287 g/mol. The highest BCUT2D eigenvalue weighted by Gasteiger charge is 2.35. The summed E-state index contributed by atoms with van der Waals surface area (Å²) >= 11 is 2.12. The summed E-state index contributed by atoms with van der Waals surface area (Å²) in [7, 11) is 0. The van der Waals surface area contributed by atoms with Gasteiger partial charge in [0.15, 0.2) is 11.4 Å². The van der Waals surface area contributed by atoms with Gasteiger partial charge in [-0.25, -0.2) is 0 Å². The summed E-state index contributed by atoms with van der Waals surface area (Å²) in [6, 6.07) is 3.77. The average molecular weight is 287 g/mol. The lowest BCUT2D eigenvalue weighted by Gasteiger charge is -2.37. The molecule has 2 aromatic heterocycles. The van der Waals surface area contributed by atoms with E-state index in [0.29, 0.717) is 16.3 Å². The van der Waals surface area contributed by atoms with Crippen LogP contribution in [0.1, 0.15) is 42.5 Å². The predicted octanol–water partition coefficient (Wildman–Crippen LogP) is 2.98. The first kappa shape index (κ1) is 12.4. The number of fused-ring (bicyclic) bond motifs is 3. The molecule has 2 bridgehead atoms. The standard InChI is InChI=1S/C15H17N3OS/c19-15(10-4-5-14-17-16-9-18(14)8-10)11-6-12-2-1-3-13(7-11)20-12/h4-5,8-9,11-13H,1-3,6-7H2. The summed E-state index contributed by atoms with van der Waals surface area (Å²) in [5.41, 5.74) is 1.59. The van der Waals surface area contributed by atoms with Crippen LogP contribution in [0, 0.1) is 5.92 Å². The molecule has 2 unspecified atom stereocenters. The van der Waals surface area contributed by atoms with Crippen LogP contribution in [0.5, 0.6) is 0 Å². The van der Waals surface area contributed by atoms with E-state index < -0.39 is 0 Å². The summed E-state index contributed by atoms with van der Waals surface area (Å²) in [5, 5.41) is 9.24. The minimum atomic E-state index is 0.209. The minimum absolute atomic E-state index is 0.209. The van der Waals surface area contributed by atoms with Crippen LogP contribution >= 0.6 is 11.8 Å². The molecule has 20 heavy (non-hydrogen) atoms. The van der Waals surface area contributed by atoms with Crippen molar-refractivity contribution >= 4 is 23.2 Å². The number of carbonyl (C=O) groups excluding carboxylic acids is 1. The molecule has 0 N–H and O–H groups in total. The first-order valence-corrected chi connectivity index (χ1v) is 8.23. The zero-order chi connectivity index (χ0) is 13.5. The van der Waals surface area contributed by atoms with Crippen LogP contribution in [0.4, 0.5) is 0 Å². The zero-order valence-electron chi connectivity index (χ0n) is 11.2. The fraction of sp³-hybridized carbons (Fsp3) is 0.533. The van der Waals surface area contributed by atoms with Crippen LogP contribution in [0.3, 0.4) is 0 Å². The number of ketones is 1. The molecule has 0 spiro atoms. The molecular formula is C15H17N3OS. The largest absolute Gasteiger partial charge is 0.294 e. The Hall–Kier alpha value is -1.36. The van der Waals surface area contributed by atoms with E-state index in [0.717, 1.165) is 24.1 Å². The Bertz CT molecular complexity index is 641. The van der Waals surface area contributed by atoms with E-state index in [4.69, 9.17) is 0 Å². The van der Waals surface area contributed by atoms with Gasteiger partial charge >= 0.3 is 0 Å². The number of carbonyl (C=O) groups is 1. The van der Waals surface area contributed by atoms with Gasteiger partial charge in [-0.3, -0.25) is 9.20 Å². The third-order valence-electron chi connectivity index (χ3n) is 4.48. The zero-order valence-corrected chi connectivity index (χ0v) is 12.1. The normalized spacial score (nSPS) is 29.5. The van der Waals surface area contributed by atoms with Crippen molar-refractivity contribution in [2.45, 2.75) is 42.6 Å². The number of Topliss-reactive ketones (excluding diaryl/α,β-unsaturated/α-hetero) is 1. The SMILES string of the molecule is O=C(c1ccc2nncn2c1)C1CC2CCCC(C1)S2. The van der Waals surface area contributed by atoms with Gasteiger partial charge in [-0.2, -0.15) is 11.8 Å². The number of hydrogen-bond acceptors (Lipinski definition) is 4. The van der Waals surface area contributed by atoms with Crippen molar-refractivity contribution in [1.82, 2.24) is 14.6 Å². The average Bonchev–Trinajstić information content (AvgIpc) is 2.93. The molecule has 4 nitrogen and oxygen atoms in total. The Morgan fingerprint density at radius 2 is 2.05 bits per heavy atom. The van der Waals surface area contributed by atoms with Crippen molar-refractivity contribution in [3.8, 4) is 0 Å². The molecule has 0 aromatic carbocycles. The topological polar surface area (TPSA) is 47.3 Å². The number of hydrogen-bond donors (Lipinski definition) is 0. The Balaban J connectivity index is 1.59. The highest BCUT2D eigenvalue weighted by atomic mass is 32.2. The van der Waals surface area contributed by atoms with Crippen LogP contribution in [-0.4, -0.2) is 30.9 Å². The van der Waals surface area contributed by atoms with E-state index in [1.807, 2.05) is 22.7 Å². The fourth-order valence-corrected chi connectivity index (χ4v) is 5.32. The molecule has 2 atom stereocenters. The van der Waals surface area contributed by atoms with E-state index in [-0.39, 0.29) is 5.92 Å². The third kappa shape index (κ3) is 2.14. The second-order valence-corrected chi connectivity index (χ2v) is 7.46. The van der Waals surface area contributed by atoms with Gasteiger partial charge in [-0.05, 0) is 37.8 Å². The van der Waals surface area contributed by atoms with E-state index >= 15 is 0 Å². The van der Waals surface area contributed by atoms with E-state index in [1.54, 1.807) is 6.33 Å². The molecule has 4 heterocycles. The molecule has 2 fully saturated rings. The van der Waals surface area contributed by atoms with Gasteiger partial charge in [-0.15, -0.1) is 10.2 Å². The summed E-state index contributed by atoms with van der Waals surface area (Å²) in [5.74, 6) is 0.512. The number of nitrogens with zero attached hydrogens (tertiary/aromatic N) is 3. The van der Waals surface area contributed by atoms with Gasteiger partial charge in [-0.1, -0.05) is 6.42 Å². The molecular weight excluding hydrogens is 270 g/mol. The Kier molecular flexibility index (Phi) is 3.02. The van der Waals surface area contributed by atoms with E-state index in [2.05, 4.69) is 22.0 Å². The quantitative estimate of drug-likeness (QED) is 0.797. The second kappa shape index (κ2) is 4.88. The summed E-state index contributed by atoms with van der Waals surface area (Å²) in [6.45, 7) is 0. The van der Waals surface area contributed by atoms with Crippen molar-refractivity contribution in [1.29, 1.82) is 0 Å². The maximum atomic E-state index is 12.7. The lowest BCUT2D eigenvalue weighted by atomic mass is 9.85. The molecule has 104 valence electrons. The number of thioether (sulfide) groups is 1. The van der Waals surface area contributed by atoms with Crippen LogP contribution in [0.25, 0.3) is 5.65 Å². The predicted molar refractivity (Wildman–Crippen MR) is 79.1 cm³/mol. The number of rotatable bonds is 2. The molecule has 0 radical (unpaired) electrons. The van der Waals surface area contributed by atoms with Gasteiger partial charge in [0.2, 0.25) is 0 Å². The Morgan fingerprint density at radius 1 is 1.25 bits per heavy atom. The summed E-state index contributed by atoms with van der Waals surface area (Å²) < 4.78 is 1.83. The van der Waals surface area contributed by atoms with Gasteiger partial charge in [0.25, 0.3) is 0 Å². The Labute approximate surface area is 122 Å². The van der Waals surface area contributed by atoms with Crippen molar-refractivity contribution in [2.24, 2.45) is 5.92 Å². The third-order valence-corrected chi connectivity index (χ3v) is 6.10. The van der Waals surface area contributed by atoms with Gasteiger partial charge in [0.1, 0.15) is 6.33 Å². The van der Waals surface area contributed by atoms with Crippen molar-refractivity contribution < 1.29 is 4.79 Å². The van der Waals surface area contributed by atoms with Crippen LogP contribution in [0.15, 0.2) is 24.7 Å². The summed E-state index contributed by atoms with van der Waals surface area (Å²) in [4.78, 5) is 12.7. The molecule has 2 saturated heterocycles. The lowest BCUT2D eigenvalue weighted by molar-refractivity contribution is 0.0896. The number of aromatic nitrogens is 3. The van der Waals surface area contributed by atoms with Gasteiger partial charge in [0, 0.05) is 28.2 Å². The maximum absolute atomic E-state index is 12.7. The lowest BCUT2D eigenvalue weighted by Crippen LogP contribution is -2.33. The highest BCUT2D eigenvalue weighted by molar-refractivity contribution is 8.00. The molecule has 0 saturated carbocycles. The minimum Gasteiger partial charge on any atom is -0.294 e. The van der Waals surface area contributed by atoms with Crippen LogP contribution in [-0.2, 0) is 0 Å². The fourth-order valence-electron chi connectivity index (χ4n) is 3.48. The smallest absolute Gasteiger partial charge is 0.167 e. The van der Waals surface area contributed by atoms with Crippen molar-refractivity contribution in [3.63, 3.8) is 0 Å². The highest BCUT2D eigenvalue weighted by Crippen LogP contribution is 2.44. The van der Waals surface area contributed by atoms with Crippen molar-refractivity contribution in [2.75, 3.05) is 0 Å². The molecule has 2 aromatic rings. The van der Waals surface area contributed by atoms with Crippen molar-refractivity contribution in [3.05, 3.63) is 30.2 Å². The molecule has 2 aliphatic heterocycles. The first-order valence-electron chi connectivity index (χ1n) is 7.28. The molecule has 4 rings (SSSR count). The Morgan fingerprint density at radius 3 is 2.85 bits per heavy atom. The van der Waals surface area contributed by atoms with E-state index in [9.17, 15) is 4.79 Å². The van der Waals surface area contributed by atoms with E-state index in [1.165, 1.54) is 19.3 Å². The summed E-state index contributed by atoms with van der Waals surface area (Å²) in [6.07, 6.45) is 9.55. The maximum Gasteiger partial charge on any atom is 0.167 e. The van der Waals surface area contributed by atoms with Gasteiger partial charge in [0.05, 0.1) is 0 Å². The molecule has 2 aliphatic rings. The molecule has 0 amide bonds. The molecule has 0 aliphatic carbocycles. The molecule has 5 heteroatoms.